The molecule has 0 spiro atoms. The van der Waals surface area contributed by atoms with Crippen molar-refractivity contribution in [1.82, 2.24) is 9.38 Å². The summed E-state index contributed by atoms with van der Waals surface area (Å²) < 4.78 is 7.37. The van der Waals surface area contributed by atoms with Gasteiger partial charge in [0.2, 0.25) is 0 Å². The minimum atomic E-state index is -0.868. The Bertz CT molecular complexity index is 1140. The summed E-state index contributed by atoms with van der Waals surface area (Å²) in [6.45, 7) is 5.68. The number of hydrogen-bond acceptors (Lipinski definition) is 3. The largest absolute Gasteiger partial charge is 0.497 e. The highest BCUT2D eigenvalue weighted by Crippen LogP contribution is 2.29. The molecule has 142 valence electrons. The molecule has 4 heteroatoms. The van der Waals surface area contributed by atoms with E-state index in [4.69, 9.17) is 9.72 Å². The third kappa shape index (κ3) is 3.27. The molecule has 4 rings (SSSR count). The molecule has 0 saturated carbocycles. The van der Waals surface area contributed by atoms with Crippen LogP contribution >= 0.6 is 0 Å². The van der Waals surface area contributed by atoms with Crippen molar-refractivity contribution in [1.29, 1.82) is 0 Å². The molecule has 2 heterocycles. The van der Waals surface area contributed by atoms with Crippen LogP contribution in [0.5, 0.6) is 5.75 Å². The van der Waals surface area contributed by atoms with Crippen LogP contribution in [0, 0.1) is 6.92 Å². The Morgan fingerprint density at radius 2 is 1.64 bits per heavy atom. The number of benzene rings is 2. The summed E-state index contributed by atoms with van der Waals surface area (Å²) in [6.07, 6.45) is 2.11. The quantitative estimate of drug-likeness (QED) is 0.535. The zero-order chi connectivity index (χ0) is 19.9. The van der Waals surface area contributed by atoms with E-state index >= 15 is 0 Å². The Morgan fingerprint density at radius 1 is 0.929 bits per heavy atom. The molecule has 0 aliphatic carbocycles. The SMILES string of the molecule is COc1ccc(-c2nc3ccc(-c4cccc(C(C)(C)O)c4)cn3c2C)cc1. The maximum atomic E-state index is 10.3. The molecular weight excluding hydrogens is 348 g/mol. The maximum Gasteiger partial charge on any atom is 0.137 e. The topological polar surface area (TPSA) is 46.8 Å². The van der Waals surface area contributed by atoms with Gasteiger partial charge < -0.3 is 14.2 Å². The molecule has 4 aromatic rings. The van der Waals surface area contributed by atoms with Crippen LogP contribution in [0.15, 0.2) is 66.9 Å². The van der Waals surface area contributed by atoms with Gasteiger partial charge in [0.05, 0.1) is 18.4 Å². The zero-order valence-electron chi connectivity index (χ0n) is 16.6. The van der Waals surface area contributed by atoms with Crippen LogP contribution in [-0.4, -0.2) is 21.6 Å². The van der Waals surface area contributed by atoms with Crippen LogP contribution in [0.2, 0.25) is 0 Å². The molecule has 0 aliphatic heterocycles. The van der Waals surface area contributed by atoms with E-state index in [-0.39, 0.29) is 0 Å². The van der Waals surface area contributed by atoms with Crippen LogP contribution < -0.4 is 4.74 Å². The Labute approximate surface area is 165 Å². The number of rotatable bonds is 4. The van der Waals surface area contributed by atoms with Crippen molar-refractivity contribution < 1.29 is 9.84 Å². The second-order valence-electron chi connectivity index (χ2n) is 7.56. The Hall–Kier alpha value is -3.11. The second-order valence-corrected chi connectivity index (χ2v) is 7.56. The van der Waals surface area contributed by atoms with Gasteiger partial charge in [-0.2, -0.15) is 0 Å². The number of nitrogens with zero attached hydrogens (tertiary/aromatic N) is 2. The van der Waals surface area contributed by atoms with Crippen molar-refractivity contribution in [3.05, 3.63) is 78.1 Å². The van der Waals surface area contributed by atoms with E-state index in [2.05, 4.69) is 29.7 Å². The van der Waals surface area contributed by atoms with E-state index in [1.54, 1.807) is 21.0 Å². The van der Waals surface area contributed by atoms with Gasteiger partial charge in [0.25, 0.3) is 0 Å². The third-order valence-corrected chi connectivity index (χ3v) is 5.12. The molecule has 4 nitrogen and oxygen atoms in total. The number of aryl methyl sites for hydroxylation is 1. The Morgan fingerprint density at radius 3 is 2.32 bits per heavy atom. The van der Waals surface area contributed by atoms with Crippen LogP contribution in [-0.2, 0) is 5.60 Å². The first kappa shape index (κ1) is 18.3. The van der Waals surface area contributed by atoms with Crippen LogP contribution in [0.4, 0.5) is 0 Å². The lowest BCUT2D eigenvalue weighted by Gasteiger charge is -2.18. The normalized spacial score (nSPS) is 11.8. The van der Waals surface area contributed by atoms with Crippen molar-refractivity contribution in [2.24, 2.45) is 0 Å². The molecule has 0 fully saturated rings. The Balaban J connectivity index is 1.79. The maximum absolute atomic E-state index is 10.3. The number of methoxy groups -OCH3 is 1. The average molecular weight is 372 g/mol. The van der Waals surface area contributed by atoms with Gasteiger partial charge in [-0.1, -0.05) is 18.2 Å². The lowest BCUT2D eigenvalue weighted by molar-refractivity contribution is 0.0786. The highest BCUT2D eigenvalue weighted by molar-refractivity contribution is 5.70. The number of aromatic nitrogens is 2. The van der Waals surface area contributed by atoms with E-state index in [0.717, 1.165) is 45.0 Å². The average Bonchev–Trinajstić information content (AvgIpc) is 3.03. The molecule has 2 aromatic heterocycles. The first-order valence-corrected chi connectivity index (χ1v) is 9.33. The molecule has 0 atom stereocenters. The van der Waals surface area contributed by atoms with Crippen LogP contribution in [0.1, 0.15) is 25.1 Å². The van der Waals surface area contributed by atoms with Gasteiger partial charge in [-0.3, -0.25) is 0 Å². The molecule has 0 amide bonds. The lowest BCUT2D eigenvalue weighted by Crippen LogP contribution is -2.15. The summed E-state index contributed by atoms with van der Waals surface area (Å²) in [4.78, 5) is 4.81. The fourth-order valence-corrected chi connectivity index (χ4v) is 3.43. The summed E-state index contributed by atoms with van der Waals surface area (Å²) in [7, 11) is 1.67. The highest BCUT2D eigenvalue weighted by Gasteiger charge is 2.17. The van der Waals surface area contributed by atoms with Crippen molar-refractivity contribution >= 4 is 5.65 Å². The first-order valence-electron chi connectivity index (χ1n) is 9.33. The van der Waals surface area contributed by atoms with E-state index in [9.17, 15) is 5.11 Å². The monoisotopic (exact) mass is 372 g/mol. The van der Waals surface area contributed by atoms with Gasteiger partial charge in [0.15, 0.2) is 0 Å². The molecule has 0 bridgehead atoms. The van der Waals surface area contributed by atoms with E-state index < -0.39 is 5.60 Å². The van der Waals surface area contributed by atoms with Crippen molar-refractivity contribution in [2.75, 3.05) is 7.11 Å². The third-order valence-electron chi connectivity index (χ3n) is 5.12. The molecule has 0 aliphatic rings. The van der Waals surface area contributed by atoms with Gasteiger partial charge in [-0.05, 0) is 79.9 Å². The molecular formula is C24H24N2O2. The van der Waals surface area contributed by atoms with Gasteiger partial charge in [-0.25, -0.2) is 4.98 Å². The van der Waals surface area contributed by atoms with Gasteiger partial charge >= 0.3 is 0 Å². The summed E-state index contributed by atoms with van der Waals surface area (Å²) in [5.74, 6) is 0.833. The minimum absolute atomic E-state index is 0.833. The Kier molecular flexibility index (Phi) is 4.44. The minimum Gasteiger partial charge on any atom is -0.497 e. The van der Waals surface area contributed by atoms with Crippen LogP contribution in [0.25, 0.3) is 28.0 Å². The first-order chi connectivity index (χ1) is 13.4. The van der Waals surface area contributed by atoms with E-state index in [1.165, 1.54) is 0 Å². The van der Waals surface area contributed by atoms with Gasteiger partial charge in [0, 0.05) is 17.5 Å². The number of aliphatic hydroxyl groups is 1. The highest BCUT2D eigenvalue weighted by atomic mass is 16.5. The molecule has 28 heavy (non-hydrogen) atoms. The number of pyridine rings is 1. The van der Waals surface area contributed by atoms with Gasteiger partial charge in [-0.15, -0.1) is 0 Å². The molecule has 2 aromatic carbocycles. The predicted octanol–water partition coefficient (Wildman–Crippen LogP) is 5.21. The fourth-order valence-electron chi connectivity index (χ4n) is 3.43. The summed E-state index contributed by atoms with van der Waals surface area (Å²) in [5, 5.41) is 10.3. The van der Waals surface area contributed by atoms with Crippen LogP contribution in [0.3, 0.4) is 0 Å². The van der Waals surface area contributed by atoms with E-state index in [0.29, 0.717) is 0 Å². The summed E-state index contributed by atoms with van der Waals surface area (Å²) in [6, 6.07) is 20.1. The summed E-state index contributed by atoms with van der Waals surface area (Å²) >= 11 is 0. The standard InChI is InChI=1S/C24H24N2O2/c1-16-23(17-8-11-21(28-4)12-9-17)25-22-13-10-19(15-26(16)22)18-6-5-7-20(14-18)24(2,3)27/h5-15,27H,1-4H3. The predicted molar refractivity (Wildman–Crippen MR) is 113 cm³/mol. The second kappa shape index (κ2) is 6.80. The fraction of sp³-hybridized carbons (Fsp3) is 0.208. The number of ether oxygens (including phenoxy) is 1. The number of imidazole rings is 1. The molecule has 1 N–H and O–H groups in total. The molecule has 0 radical (unpaired) electrons. The van der Waals surface area contributed by atoms with Crippen molar-refractivity contribution in [3.63, 3.8) is 0 Å². The zero-order valence-corrected chi connectivity index (χ0v) is 16.6. The number of hydrogen-bond donors (Lipinski definition) is 1. The van der Waals surface area contributed by atoms with Crippen molar-refractivity contribution in [2.45, 2.75) is 26.4 Å². The number of fused-ring (bicyclic) bond motifs is 1. The van der Waals surface area contributed by atoms with Crippen molar-refractivity contribution in [3.8, 4) is 28.1 Å². The summed E-state index contributed by atoms with van der Waals surface area (Å²) in [5.41, 5.74) is 6.20. The van der Waals surface area contributed by atoms with E-state index in [1.807, 2.05) is 48.5 Å². The molecule has 0 saturated heterocycles. The smallest absolute Gasteiger partial charge is 0.137 e. The van der Waals surface area contributed by atoms with Gasteiger partial charge in [0.1, 0.15) is 11.4 Å². The molecule has 0 unspecified atom stereocenters. The lowest BCUT2D eigenvalue weighted by atomic mass is 9.95.